The minimum Gasteiger partial charge on any atom is -0.350 e. The number of hydrogen-bond donors (Lipinski definition) is 3. The maximum absolute atomic E-state index is 13.5. The lowest BCUT2D eigenvalue weighted by atomic mass is 10.2. The summed E-state index contributed by atoms with van der Waals surface area (Å²) in [5, 5.41) is 0.456. The summed E-state index contributed by atoms with van der Waals surface area (Å²) in [5.74, 6) is -2.21. The normalized spacial score (nSPS) is 11.6. The Bertz CT molecular complexity index is 1030. The van der Waals surface area contributed by atoms with E-state index >= 15 is 0 Å². The van der Waals surface area contributed by atoms with Gasteiger partial charge in [0.25, 0.3) is 15.9 Å². The van der Waals surface area contributed by atoms with Gasteiger partial charge in [-0.25, -0.2) is 17.2 Å². The molecule has 3 N–H and O–H groups in total. The number of sulfonamides is 1. The van der Waals surface area contributed by atoms with Crippen LogP contribution in [0.2, 0.25) is 0 Å². The highest BCUT2D eigenvalue weighted by atomic mass is 32.2. The molecular weight excluding hydrogens is 340 g/mol. The topological polar surface area (TPSA) is 91.1 Å². The molecule has 24 heavy (non-hydrogen) atoms. The number of amides is 1. The average molecular weight is 351 g/mol. The molecule has 6 nitrogen and oxygen atoms in total. The van der Waals surface area contributed by atoms with Crippen LogP contribution in [-0.4, -0.2) is 19.3 Å². The van der Waals surface area contributed by atoms with Crippen LogP contribution in [0, 0.1) is 11.6 Å². The highest BCUT2D eigenvalue weighted by Crippen LogP contribution is 2.17. The molecule has 0 spiro atoms. The number of aromatic amines is 1. The van der Waals surface area contributed by atoms with Gasteiger partial charge in [0.15, 0.2) is 0 Å². The van der Waals surface area contributed by atoms with Crippen molar-refractivity contribution in [2.75, 3.05) is 0 Å². The third-order valence-electron chi connectivity index (χ3n) is 3.25. The summed E-state index contributed by atoms with van der Waals surface area (Å²) in [6.07, 6.45) is 0. The lowest BCUT2D eigenvalue weighted by molar-refractivity contribution is 0.0941. The number of nitrogens with one attached hydrogen (secondary N) is 3. The molecular formula is C15H11F2N3O3S. The molecule has 0 saturated heterocycles. The van der Waals surface area contributed by atoms with Gasteiger partial charge in [0, 0.05) is 10.9 Å². The van der Waals surface area contributed by atoms with Gasteiger partial charge >= 0.3 is 0 Å². The molecule has 2 aromatic carbocycles. The van der Waals surface area contributed by atoms with Crippen molar-refractivity contribution in [1.29, 1.82) is 0 Å². The van der Waals surface area contributed by atoms with Gasteiger partial charge in [-0.15, -0.1) is 4.83 Å². The minimum atomic E-state index is -4.26. The zero-order valence-corrected chi connectivity index (χ0v) is 12.8. The molecule has 1 aromatic heterocycles. The van der Waals surface area contributed by atoms with E-state index in [9.17, 15) is 22.0 Å². The molecule has 3 rings (SSSR count). The fourth-order valence-corrected chi connectivity index (χ4v) is 3.04. The fourth-order valence-electron chi connectivity index (χ4n) is 2.12. The van der Waals surface area contributed by atoms with Crippen LogP contribution in [0.5, 0.6) is 0 Å². The van der Waals surface area contributed by atoms with Gasteiger partial charge in [-0.3, -0.25) is 10.2 Å². The highest BCUT2D eigenvalue weighted by Gasteiger charge is 2.20. The Balaban J connectivity index is 1.78. The zero-order valence-electron chi connectivity index (χ0n) is 12.0. The van der Waals surface area contributed by atoms with E-state index in [0.717, 1.165) is 12.1 Å². The average Bonchev–Trinajstić information content (AvgIpc) is 2.96. The van der Waals surface area contributed by atoms with E-state index in [2.05, 4.69) is 4.98 Å². The molecule has 0 saturated carbocycles. The number of H-pyrrole nitrogens is 1. The lowest BCUT2D eigenvalue weighted by Crippen LogP contribution is -2.41. The van der Waals surface area contributed by atoms with Crippen molar-refractivity contribution in [2.24, 2.45) is 0 Å². The number of hydrazine groups is 1. The van der Waals surface area contributed by atoms with Crippen molar-refractivity contribution in [3.8, 4) is 0 Å². The Hall–Kier alpha value is -2.78. The largest absolute Gasteiger partial charge is 0.350 e. The van der Waals surface area contributed by atoms with E-state index in [1.165, 1.54) is 36.4 Å². The van der Waals surface area contributed by atoms with Crippen molar-refractivity contribution in [3.05, 3.63) is 65.9 Å². The van der Waals surface area contributed by atoms with E-state index in [1.807, 2.05) is 10.3 Å². The number of benzene rings is 2. The highest BCUT2D eigenvalue weighted by molar-refractivity contribution is 7.89. The number of halogens is 2. The van der Waals surface area contributed by atoms with Crippen molar-refractivity contribution < 1.29 is 22.0 Å². The van der Waals surface area contributed by atoms with Gasteiger partial charge in [-0.2, -0.15) is 0 Å². The van der Waals surface area contributed by atoms with Gasteiger partial charge in [0.2, 0.25) is 0 Å². The molecule has 124 valence electrons. The molecule has 0 aliphatic rings. The Morgan fingerprint density at radius 1 is 1.04 bits per heavy atom. The second kappa shape index (κ2) is 6.02. The molecule has 0 aliphatic carbocycles. The number of fused-ring (bicyclic) bond motifs is 1. The number of aromatic nitrogens is 1. The summed E-state index contributed by atoms with van der Waals surface area (Å²) in [7, 11) is -4.26. The minimum absolute atomic E-state index is 0.0202. The van der Waals surface area contributed by atoms with Crippen molar-refractivity contribution in [2.45, 2.75) is 4.90 Å². The summed E-state index contributed by atoms with van der Waals surface area (Å²) >= 11 is 0. The molecule has 1 amide bonds. The molecule has 0 atom stereocenters. The molecule has 0 fully saturated rings. The number of carbonyl (C=O) groups excluding carboxylic acids is 1. The van der Waals surface area contributed by atoms with Gasteiger partial charge in [-0.1, -0.05) is 12.1 Å². The summed E-state index contributed by atoms with van der Waals surface area (Å²) in [6, 6.07) is 10.0. The second-order valence-corrected chi connectivity index (χ2v) is 6.56. The summed E-state index contributed by atoms with van der Waals surface area (Å²) in [5.41, 5.74) is 2.50. The maximum Gasteiger partial charge on any atom is 0.282 e. The predicted molar refractivity (Wildman–Crippen MR) is 82.4 cm³/mol. The molecule has 9 heteroatoms. The van der Waals surface area contributed by atoms with E-state index in [-0.39, 0.29) is 5.69 Å². The van der Waals surface area contributed by atoms with E-state index in [4.69, 9.17) is 0 Å². The SMILES string of the molecule is O=C(NNS(=O)(=O)c1ccccc1F)c1cc2cc(F)ccc2[nH]1. The van der Waals surface area contributed by atoms with E-state index in [1.54, 1.807) is 0 Å². The number of rotatable bonds is 4. The molecule has 0 unspecified atom stereocenters. The van der Waals surface area contributed by atoms with Crippen molar-refractivity contribution >= 4 is 26.8 Å². The third kappa shape index (κ3) is 3.12. The second-order valence-electron chi connectivity index (χ2n) is 4.90. The van der Waals surface area contributed by atoms with Crippen LogP contribution in [0.25, 0.3) is 10.9 Å². The molecule has 0 bridgehead atoms. The van der Waals surface area contributed by atoms with Gasteiger partial charge in [-0.05, 0) is 36.4 Å². The Morgan fingerprint density at radius 3 is 2.54 bits per heavy atom. The van der Waals surface area contributed by atoms with Crippen LogP contribution in [0.1, 0.15) is 10.5 Å². The quantitative estimate of drug-likeness (QED) is 0.629. The monoisotopic (exact) mass is 351 g/mol. The fraction of sp³-hybridized carbons (Fsp3) is 0. The molecule has 0 aliphatic heterocycles. The summed E-state index contributed by atoms with van der Waals surface area (Å²) in [4.78, 5) is 15.9. The van der Waals surface area contributed by atoms with Crippen LogP contribution in [0.4, 0.5) is 8.78 Å². The first kappa shape index (κ1) is 16.1. The standard InChI is InChI=1S/C15H11F2N3O3S/c16-10-5-6-12-9(7-10)8-13(18-12)15(21)19-20-24(22,23)14-4-2-1-3-11(14)17/h1-8,18,20H,(H,19,21). The predicted octanol–water partition coefficient (Wildman–Crippen LogP) is 2.07. The van der Waals surface area contributed by atoms with Crippen molar-refractivity contribution in [1.82, 2.24) is 15.2 Å². The number of carbonyl (C=O) groups is 1. The smallest absolute Gasteiger partial charge is 0.282 e. The first-order valence-corrected chi connectivity index (χ1v) is 8.20. The van der Waals surface area contributed by atoms with Gasteiger partial charge in [0.1, 0.15) is 22.2 Å². The lowest BCUT2D eigenvalue weighted by Gasteiger charge is -2.08. The maximum atomic E-state index is 13.5. The van der Waals surface area contributed by atoms with Crippen LogP contribution < -0.4 is 10.3 Å². The van der Waals surface area contributed by atoms with E-state index in [0.29, 0.717) is 10.9 Å². The van der Waals surface area contributed by atoms with Gasteiger partial charge < -0.3 is 4.98 Å². The Morgan fingerprint density at radius 2 is 1.79 bits per heavy atom. The first-order chi connectivity index (χ1) is 11.4. The summed E-state index contributed by atoms with van der Waals surface area (Å²) < 4.78 is 50.6. The molecule has 1 heterocycles. The number of hydrogen-bond acceptors (Lipinski definition) is 3. The van der Waals surface area contributed by atoms with Crippen LogP contribution in [0.15, 0.2) is 53.4 Å². The van der Waals surface area contributed by atoms with Crippen LogP contribution >= 0.6 is 0 Å². The summed E-state index contributed by atoms with van der Waals surface area (Å²) in [6.45, 7) is 0. The van der Waals surface area contributed by atoms with Crippen LogP contribution in [-0.2, 0) is 10.0 Å². The third-order valence-corrected chi connectivity index (χ3v) is 4.53. The van der Waals surface area contributed by atoms with E-state index < -0.39 is 32.5 Å². The zero-order chi connectivity index (χ0) is 17.3. The first-order valence-electron chi connectivity index (χ1n) is 6.72. The molecule has 0 radical (unpaired) electrons. The van der Waals surface area contributed by atoms with Crippen LogP contribution in [0.3, 0.4) is 0 Å². The van der Waals surface area contributed by atoms with Crippen molar-refractivity contribution in [3.63, 3.8) is 0 Å². The Labute approximate surface area is 135 Å². The Kier molecular flexibility index (Phi) is 4.04. The van der Waals surface area contributed by atoms with Gasteiger partial charge in [0.05, 0.1) is 0 Å². The molecule has 3 aromatic rings.